The van der Waals surface area contributed by atoms with Crippen molar-refractivity contribution >= 4 is 0 Å². The molecule has 4 aliphatic rings. The summed E-state index contributed by atoms with van der Waals surface area (Å²) in [5.41, 5.74) is 0. The lowest BCUT2D eigenvalue weighted by Crippen LogP contribution is -2.45. The first-order chi connectivity index (χ1) is 13.7. The molecule has 1 heterocycles. The molecule has 0 radical (unpaired) electrons. The minimum absolute atomic E-state index is 0.143. The lowest BCUT2D eigenvalue weighted by Gasteiger charge is -2.37. The quantitative estimate of drug-likeness (QED) is 0.511. The Bertz CT molecular complexity index is 484. The summed E-state index contributed by atoms with van der Waals surface area (Å²) in [7, 11) is 0. The molecule has 4 rings (SSSR count). The fourth-order valence-corrected chi connectivity index (χ4v) is 6.08. The van der Waals surface area contributed by atoms with E-state index in [9.17, 15) is 0 Å². The maximum Gasteiger partial charge on any atom is 0.152 e. The molecular weight excluding hydrogens is 362 g/mol. The third-order valence-electron chi connectivity index (χ3n) is 7.72. The van der Waals surface area contributed by atoms with Gasteiger partial charge in [-0.25, -0.2) is 8.78 Å². The fourth-order valence-electron chi connectivity index (χ4n) is 6.08. The number of alkyl halides is 2. The predicted molar refractivity (Wildman–Crippen MR) is 105 cm³/mol. The van der Waals surface area contributed by atoms with E-state index in [0.717, 1.165) is 44.9 Å². The number of ether oxygens (including phenoxy) is 3. The van der Waals surface area contributed by atoms with Crippen LogP contribution in [0.15, 0.2) is 0 Å². The highest BCUT2D eigenvalue weighted by atomic mass is 19.1. The highest BCUT2D eigenvalue weighted by Crippen LogP contribution is 2.50. The highest BCUT2D eigenvalue weighted by molar-refractivity contribution is 5.04. The van der Waals surface area contributed by atoms with Crippen molar-refractivity contribution in [1.82, 2.24) is 0 Å². The smallest absolute Gasteiger partial charge is 0.152 e. The largest absolute Gasteiger partial charge is 0.375 e. The summed E-state index contributed by atoms with van der Waals surface area (Å²) in [6, 6.07) is 0. The molecule has 0 aromatic heterocycles. The Morgan fingerprint density at radius 1 is 0.786 bits per heavy atom. The van der Waals surface area contributed by atoms with Crippen molar-refractivity contribution < 1.29 is 23.0 Å². The maximum atomic E-state index is 15.2. The molecule has 8 unspecified atom stereocenters. The highest BCUT2D eigenvalue weighted by Gasteiger charge is 2.57. The number of halogens is 2. The first-order valence-electron chi connectivity index (χ1n) is 11.9. The minimum Gasteiger partial charge on any atom is -0.375 e. The molecule has 28 heavy (non-hydrogen) atoms. The monoisotopic (exact) mass is 400 g/mol. The third-order valence-corrected chi connectivity index (χ3v) is 7.72. The van der Waals surface area contributed by atoms with E-state index in [1.807, 2.05) is 0 Å². The van der Waals surface area contributed by atoms with Crippen LogP contribution in [0.5, 0.6) is 0 Å². The van der Waals surface area contributed by atoms with E-state index in [-0.39, 0.29) is 24.0 Å². The lowest BCUT2D eigenvalue weighted by atomic mass is 9.71. The summed E-state index contributed by atoms with van der Waals surface area (Å²) in [6.45, 7) is 3.44. The second-order valence-electron chi connectivity index (χ2n) is 9.58. The Morgan fingerprint density at radius 2 is 1.39 bits per heavy atom. The van der Waals surface area contributed by atoms with E-state index in [1.165, 1.54) is 25.7 Å². The van der Waals surface area contributed by atoms with Gasteiger partial charge in [-0.2, -0.15) is 0 Å². The van der Waals surface area contributed by atoms with E-state index in [2.05, 4.69) is 6.92 Å². The second-order valence-corrected chi connectivity index (χ2v) is 9.58. The minimum atomic E-state index is -1.13. The molecule has 0 spiro atoms. The van der Waals surface area contributed by atoms with Crippen molar-refractivity contribution in [3.05, 3.63) is 0 Å². The van der Waals surface area contributed by atoms with E-state index >= 15 is 8.78 Å². The van der Waals surface area contributed by atoms with Crippen molar-refractivity contribution in [2.24, 2.45) is 17.8 Å². The Hall–Kier alpha value is -0.260. The van der Waals surface area contributed by atoms with Gasteiger partial charge in [0.1, 0.15) is 0 Å². The molecule has 0 aromatic carbocycles. The topological polar surface area (TPSA) is 27.7 Å². The number of hydrogen-bond acceptors (Lipinski definition) is 3. The van der Waals surface area contributed by atoms with Gasteiger partial charge in [0.25, 0.3) is 0 Å². The number of fused-ring (bicyclic) bond motifs is 3. The molecule has 3 nitrogen and oxygen atoms in total. The summed E-state index contributed by atoms with van der Waals surface area (Å²) in [5, 5.41) is 0. The predicted octanol–water partition coefficient (Wildman–Crippen LogP) is 5.40. The number of unbranched alkanes of at least 4 members (excludes halogenated alkanes) is 2. The van der Waals surface area contributed by atoms with Crippen LogP contribution in [0.4, 0.5) is 8.78 Å². The van der Waals surface area contributed by atoms with Gasteiger partial charge in [-0.3, -0.25) is 0 Å². The van der Waals surface area contributed by atoms with Crippen molar-refractivity contribution in [2.45, 2.75) is 114 Å². The average molecular weight is 401 g/mol. The average Bonchev–Trinajstić information content (AvgIpc) is 3.35. The van der Waals surface area contributed by atoms with Crippen molar-refractivity contribution in [3.8, 4) is 0 Å². The lowest BCUT2D eigenvalue weighted by molar-refractivity contribution is -0.135. The molecular formula is C23H38F2O3. The summed E-state index contributed by atoms with van der Waals surface area (Å²) < 4.78 is 48.2. The SMILES string of the molecule is CCCCCOC1CCC2C3CCC(OCC4CCCC4)C(F)C3OC2C1F. The van der Waals surface area contributed by atoms with Gasteiger partial charge in [0.15, 0.2) is 12.3 Å². The van der Waals surface area contributed by atoms with Gasteiger partial charge in [-0.1, -0.05) is 32.6 Å². The van der Waals surface area contributed by atoms with Crippen LogP contribution in [0.25, 0.3) is 0 Å². The van der Waals surface area contributed by atoms with Gasteiger partial charge in [0, 0.05) is 13.2 Å². The first-order valence-corrected chi connectivity index (χ1v) is 11.9. The van der Waals surface area contributed by atoms with Crippen molar-refractivity contribution in [2.75, 3.05) is 13.2 Å². The van der Waals surface area contributed by atoms with Crippen LogP contribution >= 0.6 is 0 Å². The Kier molecular flexibility index (Phi) is 7.27. The maximum absolute atomic E-state index is 15.2. The van der Waals surface area contributed by atoms with E-state index in [0.29, 0.717) is 19.1 Å². The zero-order chi connectivity index (χ0) is 19.5. The van der Waals surface area contributed by atoms with Gasteiger partial charge in [-0.05, 0) is 62.7 Å². The second kappa shape index (κ2) is 9.70. The summed E-state index contributed by atoms with van der Waals surface area (Å²) in [5.74, 6) is 0.882. The van der Waals surface area contributed by atoms with Crippen molar-refractivity contribution in [3.63, 3.8) is 0 Å². The molecule has 162 valence electrons. The summed E-state index contributed by atoms with van der Waals surface area (Å²) in [4.78, 5) is 0. The van der Waals surface area contributed by atoms with Gasteiger partial charge >= 0.3 is 0 Å². The molecule has 3 aliphatic carbocycles. The fraction of sp³-hybridized carbons (Fsp3) is 1.00. The zero-order valence-corrected chi connectivity index (χ0v) is 17.4. The molecule has 8 atom stereocenters. The molecule has 4 fully saturated rings. The number of hydrogen-bond donors (Lipinski definition) is 0. The van der Waals surface area contributed by atoms with Crippen LogP contribution in [-0.4, -0.2) is 50.0 Å². The van der Waals surface area contributed by atoms with Gasteiger partial charge in [0.05, 0.1) is 24.4 Å². The molecule has 0 aromatic rings. The zero-order valence-electron chi connectivity index (χ0n) is 17.4. The van der Waals surface area contributed by atoms with E-state index in [4.69, 9.17) is 14.2 Å². The van der Waals surface area contributed by atoms with Crippen LogP contribution in [-0.2, 0) is 14.2 Å². The molecule has 0 bridgehead atoms. The first kappa shape index (κ1) is 21.0. The molecule has 1 saturated heterocycles. The van der Waals surface area contributed by atoms with E-state index < -0.39 is 24.6 Å². The standard InChI is InChI=1S/C23H38F2O3/c1-2-3-6-13-26-18-11-9-16-17-10-12-19(27-14-15-7-4-5-8-15)21(25)23(17)28-22(16)20(18)24/h15-23H,2-14H2,1H3. The van der Waals surface area contributed by atoms with Crippen LogP contribution in [0.2, 0.25) is 0 Å². The third kappa shape index (κ3) is 4.41. The van der Waals surface area contributed by atoms with Gasteiger partial charge in [0.2, 0.25) is 0 Å². The summed E-state index contributed by atoms with van der Waals surface area (Å²) in [6.07, 6.45) is 7.46. The Balaban J connectivity index is 1.30. The van der Waals surface area contributed by atoms with Crippen LogP contribution in [0.1, 0.15) is 77.6 Å². The van der Waals surface area contributed by atoms with Crippen molar-refractivity contribution in [1.29, 1.82) is 0 Å². The van der Waals surface area contributed by atoms with Crippen LogP contribution < -0.4 is 0 Å². The molecule has 5 heteroatoms. The van der Waals surface area contributed by atoms with Gasteiger partial charge < -0.3 is 14.2 Å². The Morgan fingerprint density at radius 3 is 2.00 bits per heavy atom. The summed E-state index contributed by atoms with van der Waals surface area (Å²) >= 11 is 0. The normalized spacial score (nSPS) is 43.8. The van der Waals surface area contributed by atoms with E-state index in [1.54, 1.807) is 0 Å². The van der Waals surface area contributed by atoms with Crippen LogP contribution in [0, 0.1) is 17.8 Å². The Labute approximate surface area is 168 Å². The van der Waals surface area contributed by atoms with Gasteiger partial charge in [-0.15, -0.1) is 0 Å². The molecule has 0 N–H and O–H groups in total. The molecule has 0 amide bonds. The molecule has 1 aliphatic heterocycles. The van der Waals surface area contributed by atoms with Crippen LogP contribution in [0.3, 0.4) is 0 Å². The number of rotatable bonds is 8. The molecule has 3 saturated carbocycles.